The molecule has 0 atom stereocenters. The second kappa shape index (κ2) is 13.8. The van der Waals surface area contributed by atoms with Crippen LogP contribution < -0.4 is 15.3 Å². The Labute approximate surface area is 147 Å². The summed E-state index contributed by atoms with van der Waals surface area (Å²) in [5.41, 5.74) is 2.94. The molecule has 0 radical (unpaired) electrons. The summed E-state index contributed by atoms with van der Waals surface area (Å²) < 4.78 is 0. The quantitative estimate of drug-likeness (QED) is 0.490. The van der Waals surface area contributed by atoms with Crippen molar-refractivity contribution >= 4 is 29.1 Å². The van der Waals surface area contributed by atoms with E-state index < -0.39 is 13.0 Å². The van der Waals surface area contributed by atoms with Gasteiger partial charge in [-0.15, -0.1) is 17.1 Å². The fraction of sp³-hybridized carbons (Fsp3) is 0.250. The van der Waals surface area contributed by atoms with Gasteiger partial charge in [-0.3, -0.25) is 0 Å². The number of rotatable bonds is 0. The number of hydrogen-bond acceptors (Lipinski definition) is 3. The average molecular weight is 451 g/mol. The van der Waals surface area contributed by atoms with Crippen LogP contribution in [0, 0.1) is 20.8 Å². The van der Waals surface area contributed by atoms with Crippen LogP contribution in [0.5, 0.6) is 0 Å². The van der Waals surface area contributed by atoms with Crippen molar-refractivity contribution in [3.8, 4) is 0 Å². The molecule has 0 fully saturated rings. The summed E-state index contributed by atoms with van der Waals surface area (Å²) in [4.78, 5) is 0. The predicted molar refractivity (Wildman–Crippen MR) is 84.4 cm³/mol. The summed E-state index contributed by atoms with van der Waals surface area (Å²) >= 11 is -1.75. The molecule has 0 aliphatic heterocycles. The van der Waals surface area contributed by atoms with Crippen molar-refractivity contribution in [3.63, 3.8) is 0 Å². The summed E-state index contributed by atoms with van der Waals surface area (Å²) in [7, 11) is 14.8. The molecule has 22 heavy (non-hydrogen) atoms. The van der Waals surface area contributed by atoms with Gasteiger partial charge in [0.1, 0.15) is 0 Å². The summed E-state index contributed by atoms with van der Waals surface area (Å²) in [6.07, 6.45) is 5.03. The van der Waals surface area contributed by atoms with E-state index in [4.69, 9.17) is 29.1 Å². The third-order valence-corrected chi connectivity index (χ3v) is 1.79. The van der Waals surface area contributed by atoms with Gasteiger partial charge in [-0.1, -0.05) is 39.0 Å². The Morgan fingerprint density at radius 3 is 0.955 bits per heavy atom. The molecule has 0 aliphatic carbocycles. The maximum absolute atomic E-state index is 4.95. The van der Waals surface area contributed by atoms with E-state index >= 15 is 0 Å². The molecule has 0 spiro atoms. The molecular weight excluding hydrogens is 436 g/mol. The molecule has 0 unspecified atom stereocenters. The molecule has 0 saturated carbocycles. The van der Waals surface area contributed by atoms with Gasteiger partial charge in [-0.05, 0) is 0 Å². The molecule has 6 nitrogen and oxygen atoms in total. The Bertz CT molecular complexity index is 460. The van der Waals surface area contributed by atoms with Crippen LogP contribution in [0.2, 0.25) is 0 Å². The van der Waals surface area contributed by atoms with E-state index in [0.29, 0.717) is 0 Å². The number of hydrogen-bond donors (Lipinski definition) is 0. The predicted octanol–water partition coefficient (Wildman–Crippen LogP) is 3.11. The van der Waals surface area contributed by atoms with E-state index in [1.54, 1.807) is 18.6 Å². The van der Waals surface area contributed by atoms with Crippen LogP contribution >= 0.6 is 29.1 Å². The number of aryl methyl sites for hydroxylation is 3. The van der Waals surface area contributed by atoms with E-state index in [9.17, 15) is 0 Å². The van der Waals surface area contributed by atoms with Gasteiger partial charge in [0.2, 0.25) is 0 Å². The molecule has 0 saturated heterocycles. The Kier molecular flexibility index (Phi) is 13.2. The maximum atomic E-state index is 4.95. The van der Waals surface area contributed by atoms with Gasteiger partial charge >= 0.3 is 42.1 Å². The van der Waals surface area contributed by atoms with Crippen LogP contribution in [0.1, 0.15) is 17.1 Å². The minimum atomic E-state index is -1.75. The zero-order valence-corrected chi connectivity index (χ0v) is 16.1. The number of aromatic nitrogens is 6. The normalized spacial score (nSPS) is 9.27. The zero-order chi connectivity index (χ0) is 16.8. The average Bonchev–Trinajstić information content (AvgIpc) is 3.15. The molecule has 3 rings (SSSR count). The van der Waals surface area contributed by atoms with E-state index in [-0.39, 0.29) is 0 Å². The van der Waals surface area contributed by atoms with Crippen LogP contribution in [0.4, 0.5) is 0 Å². The molecule has 10 heteroatoms. The Morgan fingerprint density at radius 1 is 0.682 bits per heavy atom. The molecule has 0 aliphatic rings. The summed E-state index contributed by atoms with van der Waals surface area (Å²) in [5.74, 6) is 0. The van der Waals surface area contributed by atoms with Crippen LogP contribution in [-0.2, 0) is 13.0 Å². The second-order valence-corrected chi connectivity index (χ2v) is 11.6. The first-order chi connectivity index (χ1) is 10.4. The molecule has 0 bridgehead atoms. The van der Waals surface area contributed by atoms with Crippen LogP contribution in [0.15, 0.2) is 36.8 Å². The number of halogens is 3. The van der Waals surface area contributed by atoms with Crippen molar-refractivity contribution in [3.05, 3.63) is 53.9 Å². The Hall–Kier alpha value is -0.877. The van der Waals surface area contributed by atoms with Crippen molar-refractivity contribution < 1.29 is 13.0 Å². The zero-order valence-electron chi connectivity index (χ0n) is 12.1. The van der Waals surface area contributed by atoms with Crippen molar-refractivity contribution in [2.75, 3.05) is 0 Å². The van der Waals surface area contributed by atoms with Crippen LogP contribution in [0.3, 0.4) is 0 Å². The molecule has 0 amide bonds. The van der Waals surface area contributed by atoms with Gasteiger partial charge in [-0.25, -0.2) is 0 Å². The molecule has 0 N–H and O–H groups in total. The monoisotopic (exact) mass is 450 g/mol. The third-order valence-electron chi connectivity index (χ3n) is 1.79. The van der Waals surface area contributed by atoms with Crippen molar-refractivity contribution in [2.45, 2.75) is 20.8 Å². The number of nitrogens with zero attached hydrogens (tertiary/aromatic N) is 6. The second-order valence-electron chi connectivity index (χ2n) is 3.67. The Balaban J connectivity index is 0.000000271. The topological polar surface area (TPSA) is 81.0 Å². The Morgan fingerprint density at radius 2 is 0.909 bits per heavy atom. The van der Waals surface area contributed by atoms with Gasteiger partial charge in [0.15, 0.2) is 0 Å². The minimum absolute atomic E-state index is 0.981. The fourth-order valence-corrected chi connectivity index (χ4v) is 0.897. The van der Waals surface area contributed by atoms with Gasteiger partial charge in [-0.2, -0.15) is 0 Å². The first kappa shape index (κ1) is 21.1. The molecule has 3 heterocycles. The van der Waals surface area contributed by atoms with E-state index in [1.807, 2.05) is 39.0 Å². The first-order valence-corrected chi connectivity index (χ1v) is 12.5. The van der Waals surface area contributed by atoms with E-state index in [2.05, 4.69) is 30.6 Å². The third kappa shape index (κ3) is 15.5. The van der Waals surface area contributed by atoms with E-state index in [0.717, 1.165) is 17.1 Å². The van der Waals surface area contributed by atoms with Crippen molar-refractivity contribution in [1.29, 1.82) is 0 Å². The fourth-order valence-electron chi connectivity index (χ4n) is 0.897. The van der Waals surface area contributed by atoms with Crippen molar-refractivity contribution in [2.24, 2.45) is 0 Å². The van der Waals surface area contributed by atoms with Crippen LogP contribution in [-0.4, -0.2) is 15.3 Å². The molecular formula is C12H15Cl3N6Ru-3. The molecule has 125 valence electrons. The molecule has 0 aromatic carbocycles. The standard InChI is InChI=1S/3C4H5N2.3ClH.Ru/c3*1-4-2-3-5-6-4;;;;/h3*2-3H,1H3;3*1H;/q3*-1;;;;+3/p-3. The van der Waals surface area contributed by atoms with Crippen LogP contribution in [0.25, 0.3) is 0 Å². The SMILES string of the molecule is Cc1ccn[n-]1.Cc1ccn[n-]1.Cc1ccn[n-]1.[Cl][Ru]([Cl])[Cl]. The molecule has 3 aromatic heterocycles. The summed E-state index contributed by atoms with van der Waals surface area (Å²) in [6.45, 7) is 5.73. The van der Waals surface area contributed by atoms with Gasteiger partial charge < -0.3 is 30.6 Å². The van der Waals surface area contributed by atoms with Crippen molar-refractivity contribution in [1.82, 2.24) is 30.6 Å². The van der Waals surface area contributed by atoms with Gasteiger partial charge in [0, 0.05) is 18.6 Å². The first-order valence-electron chi connectivity index (χ1n) is 5.81. The van der Waals surface area contributed by atoms with Gasteiger partial charge in [0.05, 0.1) is 0 Å². The summed E-state index contributed by atoms with van der Waals surface area (Å²) in [6, 6.07) is 5.58. The van der Waals surface area contributed by atoms with E-state index in [1.165, 1.54) is 0 Å². The summed E-state index contributed by atoms with van der Waals surface area (Å²) in [5, 5.41) is 21.7. The molecule has 3 aromatic rings. The van der Waals surface area contributed by atoms with Gasteiger partial charge in [0.25, 0.3) is 0 Å².